The van der Waals surface area contributed by atoms with Gasteiger partial charge >= 0.3 is 0 Å². The topological polar surface area (TPSA) is 49.3 Å². The van der Waals surface area contributed by atoms with Gasteiger partial charge in [-0.15, -0.1) is 0 Å². The van der Waals surface area contributed by atoms with Crippen molar-refractivity contribution in [2.75, 3.05) is 18.1 Å². The van der Waals surface area contributed by atoms with E-state index in [9.17, 15) is 9.90 Å². The third-order valence-electron chi connectivity index (χ3n) is 2.43. The second-order valence-corrected chi connectivity index (χ2v) is 4.90. The first-order chi connectivity index (χ1) is 6.74. The molecule has 0 aromatic carbocycles. The van der Waals surface area contributed by atoms with Gasteiger partial charge in [0.25, 0.3) is 0 Å². The van der Waals surface area contributed by atoms with Crippen molar-refractivity contribution in [2.24, 2.45) is 5.92 Å². The monoisotopic (exact) mass is 217 g/mol. The van der Waals surface area contributed by atoms with Crippen molar-refractivity contribution in [3.8, 4) is 0 Å². The number of hydrogen-bond donors (Lipinski definition) is 2. The summed E-state index contributed by atoms with van der Waals surface area (Å²) in [5.74, 6) is 2.32. The fraction of sp³-hybridized carbons (Fsp3) is 0.900. The van der Waals surface area contributed by atoms with E-state index < -0.39 is 0 Å². The highest BCUT2D eigenvalue weighted by Crippen LogP contribution is 2.23. The standard InChI is InChI=1S/C10H19NO2S/c1-2-3-9(12)6-11-10(13)8-4-5-14-7-8/h8-9,12H,2-7H2,1H3,(H,11,13). The van der Waals surface area contributed by atoms with Gasteiger partial charge in [0.05, 0.1) is 6.10 Å². The smallest absolute Gasteiger partial charge is 0.224 e. The molecule has 14 heavy (non-hydrogen) atoms. The van der Waals surface area contributed by atoms with Crippen LogP contribution in [0.15, 0.2) is 0 Å². The summed E-state index contributed by atoms with van der Waals surface area (Å²) in [4.78, 5) is 11.5. The summed E-state index contributed by atoms with van der Waals surface area (Å²) in [6.07, 6.45) is 2.33. The molecule has 0 spiro atoms. The molecule has 0 saturated carbocycles. The van der Waals surface area contributed by atoms with Gasteiger partial charge in [-0.2, -0.15) is 11.8 Å². The van der Waals surface area contributed by atoms with E-state index in [1.807, 2.05) is 18.7 Å². The van der Waals surface area contributed by atoms with E-state index >= 15 is 0 Å². The van der Waals surface area contributed by atoms with E-state index in [4.69, 9.17) is 0 Å². The highest BCUT2D eigenvalue weighted by Gasteiger charge is 2.23. The van der Waals surface area contributed by atoms with Crippen molar-refractivity contribution < 1.29 is 9.90 Å². The van der Waals surface area contributed by atoms with Crippen LogP contribution in [0.2, 0.25) is 0 Å². The molecule has 0 aromatic rings. The van der Waals surface area contributed by atoms with E-state index in [1.54, 1.807) is 0 Å². The third-order valence-corrected chi connectivity index (χ3v) is 3.60. The van der Waals surface area contributed by atoms with E-state index in [0.717, 1.165) is 30.8 Å². The summed E-state index contributed by atoms with van der Waals surface area (Å²) >= 11 is 1.83. The number of nitrogens with one attached hydrogen (secondary N) is 1. The Morgan fingerprint density at radius 3 is 3.07 bits per heavy atom. The Morgan fingerprint density at radius 2 is 2.50 bits per heavy atom. The minimum atomic E-state index is -0.377. The van der Waals surface area contributed by atoms with Crippen molar-refractivity contribution in [1.82, 2.24) is 5.32 Å². The molecule has 1 fully saturated rings. The maximum absolute atomic E-state index is 11.5. The summed E-state index contributed by atoms with van der Waals surface area (Å²) < 4.78 is 0. The fourth-order valence-corrected chi connectivity index (χ4v) is 2.76. The van der Waals surface area contributed by atoms with Crippen molar-refractivity contribution in [1.29, 1.82) is 0 Å². The molecular formula is C10H19NO2S. The van der Waals surface area contributed by atoms with Gasteiger partial charge < -0.3 is 10.4 Å². The lowest BCUT2D eigenvalue weighted by molar-refractivity contribution is -0.124. The second-order valence-electron chi connectivity index (χ2n) is 3.75. The van der Waals surface area contributed by atoms with Crippen molar-refractivity contribution in [3.05, 3.63) is 0 Å². The molecule has 2 unspecified atom stereocenters. The molecular weight excluding hydrogens is 198 g/mol. The van der Waals surface area contributed by atoms with Crippen molar-refractivity contribution in [2.45, 2.75) is 32.3 Å². The van der Waals surface area contributed by atoms with Gasteiger partial charge in [-0.25, -0.2) is 0 Å². The number of carbonyl (C=O) groups excluding carboxylic acids is 1. The highest BCUT2D eigenvalue weighted by molar-refractivity contribution is 7.99. The zero-order valence-electron chi connectivity index (χ0n) is 8.66. The van der Waals surface area contributed by atoms with E-state index in [0.29, 0.717) is 6.54 Å². The summed E-state index contributed by atoms with van der Waals surface area (Å²) in [7, 11) is 0. The average molecular weight is 217 g/mol. The molecule has 0 aliphatic carbocycles. The lowest BCUT2D eigenvalue weighted by atomic mass is 10.1. The van der Waals surface area contributed by atoms with Crippen LogP contribution in [0.5, 0.6) is 0 Å². The lowest BCUT2D eigenvalue weighted by Gasteiger charge is -2.13. The molecule has 1 heterocycles. The number of aliphatic hydroxyl groups is 1. The summed E-state index contributed by atoms with van der Waals surface area (Å²) in [5.41, 5.74) is 0. The summed E-state index contributed by atoms with van der Waals surface area (Å²) in [6.45, 7) is 2.44. The first kappa shape index (κ1) is 11.9. The summed E-state index contributed by atoms with van der Waals surface area (Å²) in [5, 5.41) is 12.2. The van der Waals surface area contributed by atoms with Gasteiger partial charge in [-0.05, 0) is 18.6 Å². The average Bonchev–Trinajstić information content (AvgIpc) is 2.67. The van der Waals surface area contributed by atoms with E-state index in [-0.39, 0.29) is 17.9 Å². The maximum Gasteiger partial charge on any atom is 0.224 e. The molecule has 1 saturated heterocycles. The minimum absolute atomic E-state index is 0.116. The Balaban J connectivity index is 2.13. The maximum atomic E-state index is 11.5. The predicted molar refractivity (Wildman–Crippen MR) is 59.4 cm³/mol. The number of hydrogen-bond acceptors (Lipinski definition) is 3. The Labute approximate surface area is 89.6 Å². The van der Waals surface area contributed by atoms with Crippen LogP contribution < -0.4 is 5.32 Å². The van der Waals surface area contributed by atoms with Gasteiger partial charge in [-0.1, -0.05) is 13.3 Å². The normalized spacial score (nSPS) is 23.4. The minimum Gasteiger partial charge on any atom is -0.391 e. The molecule has 0 aromatic heterocycles. The van der Waals surface area contributed by atoms with Gasteiger partial charge in [-0.3, -0.25) is 4.79 Å². The molecule has 1 rings (SSSR count). The number of rotatable bonds is 5. The van der Waals surface area contributed by atoms with Gasteiger partial charge in [0.15, 0.2) is 0 Å². The van der Waals surface area contributed by atoms with Gasteiger partial charge in [0.2, 0.25) is 5.91 Å². The highest BCUT2D eigenvalue weighted by atomic mass is 32.2. The van der Waals surface area contributed by atoms with Crippen LogP contribution >= 0.6 is 11.8 Å². The zero-order chi connectivity index (χ0) is 10.4. The Bertz CT molecular complexity index is 181. The Hall–Kier alpha value is -0.220. The number of amides is 1. The number of aliphatic hydroxyl groups excluding tert-OH is 1. The van der Waals surface area contributed by atoms with Crippen LogP contribution in [-0.2, 0) is 4.79 Å². The Kier molecular flexibility index (Phi) is 5.33. The second kappa shape index (κ2) is 6.30. The molecule has 2 N–H and O–H groups in total. The number of thioether (sulfide) groups is 1. The lowest BCUT2D eigenvalue weighted by Crippen LogP contribution is -2.36. The largest absolute Gasteiger partial charge is 0.391 e. The molecule has 1 aliphatic heterocycles. The van der Waals surface area contributed by atoms with Crippen molar-refractivity contribution in [3.63, 3.8) is 0 Å². The first-order valence-corrected chi connectivity index (χ1v) is 6.43. The number of carbonyl (C=O) groups is 1. The first-order valence-electron chi connectivity index (χ1n) is 5.27. The van der Waals surface area contributed by atoms with E-state index in [2.05, 4.69) is 5.32 Å². The molecule has 0 radical (unpaired) electrons. The molecule has 0 bridgehead atoms. The zero-order valence-corrected chi connectivity index (χ0v) is 9.48. The van der Waals surface area contributed by atoms with Crippen LogP contribution in [0.3, 0.4) is 0 Å². The van der Waals surface area contributed by atoms with Crippen molar-refractivity contribution >= 4 is 17.7 Å². The molecule has 1 amide bonds. The van der Waals surface area contributed by atoms with Crippen LogP contribution in [0.4, 0.5) is 0 Å². The SMILES string of the molecule is CCCC(O)CNC(=O)C1CCSC1. The Morgan fingerprint density at radius 1 is 1.71 bits per heavy atom. The molecule has 3 nitrogen and oxygen atoms in total. The quantitative estimate of drug-likeness (QED) is 0.723. The fourth-order valence-electron chi connectivity index (χ4n) is 1.54. The van der Waals surface area contributed by atoms with Crippen LogP contribution in [0.1, 0.15) is 26.2 Å². The third kappa shape index (κ3) is 3.88. The summed E-state index contributed by atoms with van der Waals surface area (Å²) in [6, 6.07) is 0. The molecule has 4 heteroatoms. The van der Waals surface area contributed by atoms with E-state index in [1.165, 1.54) is 0 Å². The van der Waals surface area contributed by atoms with Gasteiger partial charge in [0.1, 0.15) is 0 Å². The van der Waals surface area contributed by atoms with Crippen LogP contribution in [0.25, 0.3) is 0 Å². The molecule has 82 valence electrons. The van der Waals surface area contributed by atoms with Crippen LogP contribution in [-0.4, -0.2) is 35.2 Å². The molecule has 1 aliphatic rings. The van der Waals surface area contributed by atoms with Gasteiger partial charge in [0, 0.05) is 18.2 Å². The van der Waals surface area contributed by atoms with Crippen LogP contribution in [0, 0.1) is 5.92 Å². The predicted octanol–water partition coefficient (Wildman–Crippen LogP) is 1.02. The molecule has 2 atom stereocenters.